The van der Waals surface area contributed by atoms with E-state index >= 15 is 0 Å². The molecule has 1 aliphatic rings. The largest absolute Gasteiger partial charge is 0.495 e. The van der Waals surface area contributed by atoms with Gasteiger partial charge in [-0.25, -0.2) is 0 Å². The second-order valence-corrected chi connectivity index (χ2v) is 5.60. The molecule has 1 aromatic rings. The van der Waals surface area contributed by atoms with Crippen molar-refractivity contribution in [3.63, 3.8) is 0 Å². The Kier molecular flexibility index (Phi) is 5.62. The number of rotatable bonds is 8. The molecule has 0 atom stereocenters. The van der Waals surface area contributed by atoms with Gasteiger partial charge < -0.3 is 15.0 Å². The second-order valence-electron chi connectivity index (χ2n) is 5.60. The van der Waals surface area contributed by atoms with Crippen LogP contribution in [-0.4, -0.2) is 37.6 Å². The highest BCUT2D eigenvalue weighted by atomic mass is 16.5. The Bertz CT molecular complexity index is 494. The highest BCUT2D eigenvalue weighted by molar-refractivity contribution is 6.01. The molecule has 0 unspecified atom stereocenters. The Morgan fingerprint density at radius 1 is 1.19 bits per heavy atom. The molecule has 0 aromatic heterocycles. The molecule has 1 heterocycles. The predicted molar refractivity (Wildman–Crippen MR) is 86.1 cm³/mol. The number of hydrogen-bond donors (Lipinski definition) is 1. The van der Waals surface area contributed by atoms with Crippen LogP contribution in [0.5, 0.6) is 5.75 Å². The molecule has 21 heavy (non-hydrogen) atoms. The molecule has 1 N–H and O–H groups in total. The lowest BCUT2D eigenvalue weighted by atomic mass is 10.0. The zero-order chi connectivity index (χ0) is 15.2. The monoisotopic (exact) mass is 290 g/mol. The van der Waals surface area contributed by atoms with E-state index in [0.29, 0.717) is 6.42 Å². The maximum atomic E-state index is 11.7. The third-order valence-corrected chi connectivity index (χ3v) is 3.97. The minimum atomic E-state index is 0.0646. The van der Waals surface area contributed by atoms with Crippen molar-refractivity contribution < 1.29 is 9.53 Å². The zero-order valence-corrected chi connectivity index (χ0v) is 13.4. The van der Waals surface area contributed by atoms with Crippen LogP contribution in [0.4, 0.5) is 5.69 Å². The molecule has 4 heteroatoms. The number of methoxy groups -OCH3 is 1. The van der Waals surface area contributed by atoms with Gasteiger partial charge in [0.25, 0.3) is 0 Å². The van der Waals surface area contributed by atoms with Gasteiger partial charge in [0.05, 0.1) is 19.2 Å². The van der Waals surface area contributed by atoms with E-state index in [-0.39, 0.29) is 5.91 Å². The van der Waals surface area contributed by atoms with Crippen molar-refractivity contribution in [3.05, 3.63) is 23.3 Å². The number of benzene rings is 1. The van der Waals surface area contributed by atoms with E-state index in [4.69, 9.17) is 4.74 Å². The lowest BCUT2D eigenvalue weighted by Crippen LogP contribution is -2.28. The molecule has 4 nitrogen and oxygen atoms in total. The number of carbonyl (C=O) groups is 1. The molecule has 0 fully saturated rings. The molecule has 1 aromatic carbocycles. The molecule has 0 bridgehead atoms. The van der Waals surface area contributed by atoms with Crippen molar-refractivity contribution in [1.82, 2.24) is 4.90 Å². The van der Waals surface area contributed by atoms with Crippen LogP contribution < -0.4 is 10.1 Å². The third-order valence-electron chi connectivity index (χ3n) is 3.97. The van der Waals surface area contributed by atoms with Gasteiger partial charge in [0, 0.05) is 6.54 Å². The highest BCUT2D eigenvalue weighted by Crippen LogP contribution is 2.35. The van der Waals surface area contributed by atoms with Gasteiger partial charge in [0.2, 0.25) is 5.91 Å². The third kappa shape index (κ3) is 3.76. The summed E-state index contributed by atoms with van der Waals surface area (Å²) in [5.74, 6) is 0.827. The first-order valence-electron chi connectivity index (χ1n) is 7.90. The summed E-state index contributed by atoms with van der Waals surface area (Å²) in [6, 6.07) is 4.07. The number of nitrogens with zero attached hydrogens (tertiary/aromatic N) is 1. The Morgan fingerprint density at radius 2 is 1.90 bits per heavy atom. The Balaban J connectivity index is 2.11. The van der Waals surface area contributed by atoms with Crippen molar-refractivity contribution in [2.45, 2.75) is 39.5 Å². The number of ether oxygens (including phenoxy) is 1. The summed E-state index contributed by atoms with van der Waals surface area (Å²) in [6.07, 6.45) is 3.83. The minimum absolute atomic E-state index is 0.0646. The van der Waals surface area contributed by atoms with E-state index in [9.17, 15) is 4.79 Å². The molecule has 1 amide bonds. The second kappa shape index (κ2) is 7.46. The van der Waals surface area contributed by atoms with Crippen LogP contribution in [0.15, 0.2) is 12.1 Å². The topological polar surface area (TPSA) is 41.6 Å². The van der Waals surface area contributed by atoms with Crippen molar-refractivity contribution >= 4 is 11.6 Å². The quantitative estimate of drug-likeness (QED) is 0.800. The van der Waals surface area contributed by atoms with E-state index < -0.39 is 0 Å². The SMILES string of the molecule is CCCN(CCC)CCc1ccc(OC)c2c1CC(=O)N2. The average Bonchev–Trinajstić information content (AvgIpc) is 2.86. The fourth-order valence-electron chi connectivity index (χ4n) is 3.00. The summed E-state index contributed by atoms with van der Waals surface area (Å²) < 4.78 is 5.34. The van der Waals surface area contributed by atoms with E-state index in [1.807, 2.05) is 6.07 Å². The van der Waals surface area contributed by atoms with Crippen molar-refractivity contribution in [1.29, 1.82) is 0 Å². The number of hydrogen-bond acceptors (Lipinski definition) is 3. The normalized spacial score (nSPS) is 13.4. The van der Waals surface area contributed by atoms with E-state index in [1.165, 1.54) is 18.4 Å². The molecule has 116 valence electrons. The van der Waals surface area contributed by atoms with Crippen LogP contribution >= 0.6 is 0 Å². The molecule has 0 radical (unpaired) electrons. The van der Waals surface area contributed by atoms with E-state index in [1.54, 1.807) is 7.11 Å². The van der Waals surface area contributed by atoms with Gasteiger partial charge >= 0.3 is 0 Å². The van der Waals surface area contributed by atoms with Crippen LogP contribution in [0.25, 0.3) is 0 Å². The molecular formula is C17H26N2O2. The van der Waals surface area contributed by atoms with E-state index in [0.717, 1.165) is 43.1 Å². The summed E-state index contributed by atoms with van der Waals surface area (Å²) in [5.41, 5.74) is 3.26. The van der Waals surface area contributed by atoms with Crippen LogP contribution in [0, 0.1) is 0 Å². The van der Waals surface area contributed by atoms with Gasteiger partial charge in [0.1, 0.15) is 5.75 Å². The fraction of sp³-hybridized carbons (Fsp3) is 0.588. The Hall–Kier alpha value is -1.55. The number of amides is 1. The summed E-state index contributed by atoms with van der Waals surface area (Å²) in [7, 11) is 1.64. The molecule has 0 saturated heterocycles. The highest BCUT2D eigenvalue weighted by Gasteiger charge is 2.24. The van der Waals surface area contributed by atoms with Gasteiger partial charge in [-0.2, -0.15) is 0 Å². The number of carbonyl (C=O) groups excluding carboxylic acids is 1. The predicted octanol–water partition coefficient (Wildman–Crippen LogP) is 2.85. The van der Waals surface area contributed by atoms with Crippen molar-refractivity contribution in [3.8, 4) is 5.75 Å². The molecule has 1 aliphatic heterocycles. The van der Waals surface area contributed by atoms with Crippen molar-refractivity contribution in [2.24, 2.45) is 0 Å². The van der Waals surface area contributed by atoms with Crippen LogP contribution in [0.1, 0.15) is 37.8 Å². The Labute approximate surface area is 127 Å². The number of anilines is 1. The summed E-state index contributed by atoms with van der Waals surface area (Å²) in [5, 5.41) is 2.92. The minimum Gasteiger partial charge on any atom is -0.495 e. The first kappa shape index (κ1) is 15.8. The van der Waals surface area contributed by atoms with E-state index in [2.05, 4.69) is 30.1 Å². The molecule has 2 rings (SSSR count). The summed E-state index contributed by atoms with van der Waals surface area (Å²) in [4.78, 5) is 14.2. The van der Waals surface area contributed by atoms with Gasteiger partial charge in [0.15, 0.2) is 0 Å². The van der Waals surface area contributed by atoms with Crippen LogP contribution in [-0.2, 0) is 17.6 Å². The van der Waals surface area contributed by atoms with Crippen LogP contribution in [0.3, 0.4) is 0 Å². The molecule has 0 spiro atoms. The standard InChI is InChI=1S/C17H26N2O2/c1-4-9-19(10-5-2)11-8-13-6-7-15(21-3)17-14(13)12-16(20)18-17/h6-7H,4-5,8-12H2,1-3H3,(H,18,20). The maximum Gasteiger partial charge on any atom is 0.228 e. The van der Waals surface area contributed by atoms with Gasteiger partial charge in [-0.05, 0) is 49.5 Å². The van der Waals surface area contributed by atoms with Crippen molar-refractivity contribution in [2.75, 3.05) is 32.1 Å². The molecule has 0 aliphatic carbocycles. The Morgan fingerprint density at radius 3 is 2.52 bits per heavy atom. The summed E-state index contributed by atoms with van der Waals surface area (Å²) in [6.45, 7) is 7.77. The maximum absolute atomic E-state index is 11.7. The van der Waals surface area contributed by atoms with Gasteiger partial charge in [-0.1, -0.05) is 19.9 Å². The smallest absolute Gasteiger partial charge is 0.228 e. The van der Waals surface area contributed by atoms with Crippen LogP contribution in [0.2, 0.25) is 0 Å². The molecule has 0 saturated carbocycles. The fourth-order valence-corrected chi connectivity index (χ4v) is 3.00. The van der Waals surface area contributed by atoms with Gasteiger partial charge in [-0.3, -0.25) is 4.79 Å². The first-order valence-corrected chi connectivity index (χ1v) is 7.90. The number of nitrogens with one attached hydrogen (secondary N) is 1. The lowest BCUT2D eigenvalue weighted by molar-refractivity contribution is -0.115. The summed E-state index contributed by atoms with van der Waals surface area (Å²) >= 11 is 0. The first-order chi connectivity index (χ1) is 10.2. The molecular weight excluding hydrogens is 264 g/mol. The van der Waals surface area contributed by atoms with Gasteiger partial charge in [-0.15, -0.1) is 0 Å². The zero-order valence-electron chi connectivity index (χ0n) is 13.4. The lowest BCUT2D eigenvalue weighted by Gasteiger charge is -2.21. The number of fused-ring (bicyclic) bond motifs is 1. The average molecular weight is 290 g/mol.